The number of Topliss-reactive ketones (excluding diaryl/α,β-unsaturated/α-hetero) is 1. The summed E-state index contributed by atoms with van der Waals surface area (Å²) in [5.41, 5.74) is 0.895. The van der Waals surface area contributed by atoms with Gasteiger partial charge < -0.3 is 19.4 Å². The summed E-state index contributed by atoms with van der Waals surface area (Å²) in [4.78, 5) is 42.2. The first kappa shape index (κ1) is 28.2. The van der Waals surface area contributed by atoms with Crippen LogP contribution in [0.25, 0.3) is 12.2 Å². The number of carbonyl (C=O) groups is 2. The molecule has 196 valence electrons. The van der Waals surface area contributed by atoms with Crippen LogP contribution in [0.4, 0.5) is 0 Å². The maximum Gasteiger partial charge on any atom is 0.266 e. The first-order valence-electron chi connectivity index (χ1n) is 12.0. The Balaban J connectivity index is 1.84. The molecule has 3 aromatic rings. The molecule has 0 aliphatic heterocycles. The Kier molecular flexibility index (Phi) is 9.72. The molecule has 0 spiro atoms. The highest BCUT2D eigenvalue weighted by Crippen LogP contribution is 2.29. The molecule has 9 heteroatoms. The zero-order chi connectivity index (χ0) is 27.1. The highest BCUT2D eigenvalue weighted by molar-refractivity contribution is 7.07. The predicted octanol–water partition coefficient (Wildman–Crippen LogP) is 4.00. The number of ether oxygens (including phenoxy) is 2. The van der Waals surface area contributed by atoms with E-state index in [2.05, 4.69) is 4.98 Å². The Hall–Kier alpha value is -3.36. The van der Waals surface area contributed by atoms with Crippen molar-refractivity contribution < 1.29 is 19.1 Å². The number of benzene rings is 2. The summed E-state index contributed by atoms with van der Waals surface area (Å²) in [7, 11) is 0. The van der Waals surface area contributed by atoms with Gasteiger partial charge in [0.05, 0.1) is 15.8 Å². The molecule has 0 saturated carbocycles. The molecule has 0 unspecified atom stereocenters. The fourth-order valence-electron chi connectivity index (χ4n) is 3.88. The molecule has 0 saturated heterocycles. The number of nitrogens with zero attached hydrogens (tertiary/aromatic N) is 1. The number of hydrogen-bond donors (Lipinski definition) is 1. The van der Waals surface area contributed by atoms with E-state index in [1.807, 2.05) is 34.6 Å². The van der Waals surface area contributed by atoms with Crippen molar-refractivity contribution in [2.24, 2.45) is 0 Å². The fraction of sp³-hybridized carbons (Fsp3) is 0.321. The lowest BCUT2D eigenvalue weighted by Gasteiger charge is -2.30. The molecule has 1 amide bonds. The van der Waals surface area contributed by atoms with E-state index in [-0.39, 0.29) is 35.9 Å². The van der Waals surface area contributed by atoms with Crippen LogP contribution in [0.1, 0.15) is 50.5 Å². The van der Waals surface area contributed by atoms with E-state index in [4.69, 9.17) is 21.1 Å². The van der Waals surface area contributed by atoms with Crippen LogP contribution in [0.3, 0.4) is 0 Å². The van der Waals surface area contributed by atoms with Crippen molar-refractivity contribution in [2.45, 2.75) is 46.7 Å². The summed E-state index contributed by atoms with van der Waals surface area (Å²) in [5, 5.41) is 0.542. The lowest BCUT2D eigenvalue weighted by Crippen LogP contribution is -2.44. The molecule has 0 bridgehead atoms. The minimum absolute atomic E-state index is 0.0620. The number of aromatic nitrogens is 1. The summed E-state index contributed by atoms with van der Waals surface area (Å²) in [6.45, 7) is 10.0. The summed E-state index contributed by atoms with van der Waals surface area (Å²) >= 11 is 7.06. The molecule has 0 aliphatic rings. The predicted molar refractivity (Wildman–Crippen MR) is 148 cm³/mol. The first-order valence-corrected chi connectivity index (χ1v) is 13.2. The van der Waals surface area contributed by atoms with Gasteiger partial charge in [0.1, 0.15) is 0 Å². The molecule has 7 nitrogen and oxygen atoms in total. The molecule has 0 aliphatic carbocycles. The number of aromatic amines is 1. The molecule has 0 radical (unpaired) electrons. The maximum atomic E-state index is 12.7. The number of halogens is 1. The number of H-pyrrole nitrogens is 1. The second kappa shape index (κ2) is 12.7. The number of nitrogens with one attached hydrogen (secondary N) is 1. The lowest BCUT2D eigenvalue weighted by atomic mass is 10.1. The van der Waals surface area contributed by atoms with Crippen LogP contribution in [0.5, 0.6) is 11.5 Å². The van der Waals surface area contributed by atoms with Gasteiger partial charge in [-0.05, 0) is 82.7 Å². The van der Waals surface area contributed by atoms with Gasteiger partial charge in [-0.1, -0.05) is 17.7 Å². The van der Waals surface area contributed by atoms with Crippen LogP contribution in [-0.4, -0.2) is 46.9 Å². The first-order chi connectivity index (χ1) is 17.6. The normalized spacial score (nSPS) is 12.3. The van der Waals surface area contributed by atoms with Gasteiger partial charge in [0.2, 0.25) is 0 Å². The molecule has 37 heavy (non-hydrogen) atoms. The lowest BCUT2D eigenvalue weighted by molar-refractivity contribution is -0.137. The van der Waals surface area contributed by atoms with Gasteiger partial charge in [0.25, 0.3) is 11.5 Å². The molecule has 0 fully saturated rings. The minimum Gasteiger partial charge on any atom is -0.490 e. The van der Waals surface area contributed by atoms with Crippen molar-refractivity contribution in [3.8, 4) is 11.5 Å². The van der Waals surface area contributed by atoms with Gasteiger partial charge in [-0.15, -0.1) is 11.3 Å². The second-order valence-electron chi connectivity index (χ2n) is 8.86. The standard InChI is InChI=1S/C28H31ClN2O5S/c1-6-35-24-13-19(7-12-23(24)36-16-27(33)31(17(2)3)18(4)5)14-25-28(34)30-26(37-25)15-22(32)20-8-10-21(29)11-9-20/h7-15,17-18H,6,16H2,1-5H3,(H,30,34)/b25-14-,26-15-. The average Bonchev–Trinajstić information content (AvgIpc) is 3.16. The Morgan fingerprint density at radius 1 is 1.03 bits per heavy atom. The zero-order valence-electron chi connectivity index (χ0n) is 21.5. The molecule has 1 aromatic heterocycles. The molecule has 1 heterocycles. The Labute approximate surface area is 225 Å². The van der Waals surface area contributed by atoms with Crippen molar-refractivity contribution in [1.82, 2.24) is 9.88 Å². The van der Waals surface area contributed by atoms with Gasteiger partial charge in [-0.25, -0.2) is 0 Å². The van der Waals surface area contributed by atoms with E-state index < -0.39 is 0 Å². The van der Waals surface area contributed by atoms with E-state index in [1.54, 1.807) is 53.4 Å². The second-order valence-corrected chi connectivity index (χ2v) is 10.4. The van der Waals surface area contributed by atoms with Crippen LogP contribution in [0, 0.1) is 0 Å². The van der Waals surface area contributed by atoms with E-state index in [0.29, 0.717) is 37.9 Å². The fourth-order valence-corrected chi connectivity index (χ4v) is 4.89. The summed E-state index contributed by atoms with van der Waals surface area (Å²) < 4.78 is 12.4. The van der Waals surface area contributed by atoms with Crippen molar-refractivity contribution >= 4 is 46.8 Å². The number of ketones is 1. The van der Waals surface area contributed by atoms with E-state index in [0.717, 1.165) is 5.56 Å². The van der Waals surface area contributed by atoms with E-state index >= 15 is 0 Å². The van der Waals surface area contributed by atoms with Crippen molar-refractivity contribution in [2.75, 3.05) is 13.2 Å². The minimum atomic E-state index is -0.300. The van der Waals surface area contributed by atoms with Crippen molar-refractivity contribution in [1.29, 1.82) is 0 Å². The number of hydrogen-bond acceptors (Lipinski definition) is 6. The maximum absolute atomic E-state index is 12.7. The quantitative estimate of drug-likeness (QED) is 0.391. The van der Waals surface area contributed by atoms with Crippen LogP contribution in [0.15, 0.2) is 47.3 Å². The highest BCUT2D eigenvalue weighted by Gasteiger charge is 2.21. The highest BCUT2D eigenvalue weighted by atomic mass is 35.5. The van der Waals surface area contributed by atoms with E-state index in [9.17, 15) is 14.4 Å². The molecule has 2 aromatic carbocycles. The van der Waals surface area contributed by atoms with Gasteiger partial charge in [-0.2, -0.15) is 0 Å². The Morgan fingerprint density at radius 3 is 2.32 bits per heavy atom. The Morgan fingerprint density at radius 2 is 1.70 bits per heavy atom. The summed E-state index contributed by atoms with van der Waals surface area (Å²) in [6, 6.07) is 11.9. The van der Waals surface area contributed by atoms with Crippen LogP contribution in [-0.2, 0) is 4.79 Å². The molecule has 1 N–H and O–H groups in total. The van der Waals surface area contributed by atoms with Gasteiger partial charge in [-0.3, -0.25) is 14.4 Å². The number of rotatable bonds is 10. The molecular weight excluding hydrogens is 512 g/mol. The summed E-state index contributed by atoms with van der Waals surface area (Å²) in [6.07, 6.45) is 3.11. The van der Waals surface area contributed by atoms with Crippen molar-refractivity contribution in [3.05, 3.63) is 78.2 Å². The third-order valence-electron chi connectivity index (χ3n) is 5.39. The number of amides is 1. The van der Waals surface area contributed by atoms with Crippen LogP contribution in [0.2, 0.25) is 5.02 Å². The number of thiazole rings is 1. The van der Waals surface area contributed by atoms with Crippen molar-refractivity contribution in [3.63, 3.8) is 0 Å². The largest absolute Gasteiger partial charge is 0.490 e. The molecule has 0 atom stereocenters. The van der Waals surface area contributed by atoms with Gasteiger partial charge in [0, 0.05) is 28.7 Å². The third kappa shape index (κ3) is 7.57. The SMILES string of the molecule is CCOc1cc(/C=c2\s/c(=C\C(=O)c3ccc(Cl)cc3)[nH]c2=O)ccc1OCC(=O)N(C(C)C)C(C)C. The molecular formula is C28H31ClN2O5S. The van der Waals surface area contributed by atoms with Crippen LogP contribution < -0.4 is 24.2 Å². The Bertz CT molecular complexity index is 1420. The summed E-state index contributed by atoms with van der Waals surface area (Å²) in [5.74, 6) is 0.582. The van der Waals surface area contributed by atoms with Gasteiger partial charge >= 0.3 is 0 Å². The van der Waals surface area contributed by atoms with Crippen LogP contribution >= 0.6 is 22.9 Å². The number of carbonyl (C=O) groups excluding carboxylic acids is 2. The molecule has 3 rings (SSSR count). The smallest absolute Gasteiger partial charge is 0.266 e. The average molecular weight is 543 g/mol. The van der Waals surface area contributed by atoms with Gasteiger partial charge in [0.15, 0.2) is 23.9 Å². The monoisotopic (exact) mass is 542 g/mol. The zero-order valence-corrected chi connectivity index (χ0v) is 23.1. The third-order valence-corrected chi connectivity index (χ3v) is 6.60. The van der Waals surface area contributed by atoms with E-state index in [1.165, 1.54) is 17.4 Å². The topological polar surface area (TPSA) is 88.7 Å².